The van der Waals surface area contributed by atoms with Crippen LogP contribution in [0.2, 0.25) is 0 Å². The first kappa shape index (κ1) is 15.6. The molecule has 0 radical (unpaired) electrons. The molecule has 0 bridgehead atoms. The molecule has 2 aromatic carbocycles. The zero-order chi connectivity index (χ0) is 16.1. The normalized spacial score (nSPS) is 10.0. The molecule has 6 nitrogen and oxygen atoms in total. The van der Waals surface area contributed by atoms with E-state index in [4.69, 9.17) is 12.2 Å². The van der Waals surface area contributed by atoms with E-state index in [1.165, 1.54) is 12.1 Å². The van der Waals surface area contributed by atoms with E-state index >= 15 is 0 Å². The van der Waals surface area contributed by atoms with Crippen molar-refractivity contribution >= 4 is 28.7 Å². The third-order valence-electron chi connectivity index (χ3n) is 2.79. The van der Waals surface area contributed by atoms with Crippen LogP contribution in [0.3, 0.4) is 0 Å². The molecular formula is C14H11FN3O3S-. The summed E-state index contributed by atoms with van der Waals surface area (Å²) in [6.45, 7) is 0.329. The first-order valence-electron chi connectivity index (χ1n) is 6.20. The number of nitro benzene ring substituents is 1. The van der Waals surface area contributed by atoms with Gasteiger partial charge >= 0.3 is 0 Å². The third kappa shape index (κ3) is 4.13. The predicted octanol–water partition coefficient (Wildman–Crippen LogP) is 2.29. The average Bonchev–Trinajstić information content (AvgIpc) is 2.48. The molecule has 0 aliphatic rings. The molecule has 0 unspecified atom stereocenters. The standard InChI is InChI=1S/C14H12FN3O3S/c15-10-3-1-9(2-4-10)8-16-14(22)17-12-7-11(18(20)21)5-6-13(12)19/h1-7,19H,8H2,(H2,16,17,22)/p-1. The molecule has 0 fully saturated rings. The summed E-state index contributed by atoms with van der Waals surface area (Å²) in [7, 11) is 0. The van der Waals surface area contributed by atoms with Gasteiger partial charge in [0, 0.05) is 24.4 Å². The van der Waals surface area contributed by atoms with Gasteiger partial charge in [-0.05, 0) is 29.9 Å². The van der Waals surface area contributed by atoms with Crippen LogP contribution in [0, 0.1) is 15.9 Å². The molecule has 0 saturated carbocycles. The fraction of sp³-hybridized carbons (Fsp3) is 0.0714. The van der Waals surface area contributed by atoms with Crippen LogP contribution < -0.4 is 15.7 Å². The summed E-state index contributed by atoms with van der Waals surface area (Å²) in [5.41, 5.74) is 0.612. The Morgan fingerprint density at radius 2 is 1.91 bits per heavy atom. The van der Waals surface area contributed by atoms with Crippen LogP contribution in [0.25, 0.3) is 0 Å². The molecule has 0 aliphatic heterocycles. The molecule has 0 amide bonds. The van der Waals surface area contributed by atoms with E-state index in [9.17, 15) is 19.6 Å². The number of halogens is 1. The highest BCUT2D eigenvalue weighted by Crippen LogP contribution is 2.25. The van der Waals surface area contributed by atoms with Crippen LogP contribution in [0.1, 0.15) is 5.56 Å². The summed E-state index contributed by atoms with van der Waals surface area (Å²) >= 11 is 5.02. The number of nitrogens with zero attached hydrogens (tertiary/aromatic N) is 1. The minimum Gasteiger partial charge on any atom is -0.871 e. The molecule has 2 N–H and O–H groups in total. The van der Waals surface area contributed by atoms with Crippen LogP contribution in [-0.2, 0) is 6.54 Å². The van der Waals surface area contributed by atoms with E-state index in [1.54, 1.807) is 12.1 Å². The van der Waals surface area contributed by atoms with Crippen LogP contribution in [0.4, 0.5) is 15.8 Å². The Morgan fingerprint density at radius 3 is 2.55 bits per heavy atom. The summed E-state index contributed by atoms with van der Waals surface area (Å²) < 4.78 is 12.8. The first-order chi connectivity index (χ1) is 10.5. The predicted molar refractivity (Wildman–Crippen MR) is 82.0 cm³/mol. The smallest absolute Gasteiger partial charge is 0.271 e. The maximum atomic E-state index is 12.8. The Balaban J connectivity index is 1.98. The summed E-state index contributed by atoms with van der Waals surface area (Å²) in [4.78, 5) is 10.1. The molecule has 114 valence electrons. The second-order valence-corrected chi connectivity index (χ2v) is 4.78. The molecule has 2 aromatic rings. The monoisotopic (exact) mass is 320 g/mol. The van der Waals surface area contributed by atoms with Gasteiger partial charge in [-0.1, -0.05) is 23.9 Å². The van der Waals surface area contributed by atoms with E-state index in [0.29, 0.717) is 6.54 Å². The number of anilines is 1. The van der Waals surface area contributed by atoms with Crippen molar-refractivity contribution in [3.8, 4) is 5.75 Å². The number of nitro groups is 1. The fourth-order valence-corrected chi connectivity index (χ4v) is 1.86. The lowest BCUT2D eigenvalue weighted by Gasteiger charge is -2.16. The highest BCUT2D eigenvalue weighted by Gasteiger charge is 2.07. The van der Waals surface area contributed by atoms with Crippen molar-refractivity contribution in [2.75, 3.05) is 5.32 Å². The minimum atomic E-state index is -0.598. The van der Waals surface area contributed by atoms with E-state index in [2.05, 4.69) is 10.6 Å². The summed E-state index contributed by atoms with van der Waals surface area (Å²) in [6.07, 6.45) is 0. The quantitative estimate of drug-likeness (QED) is 0.510. The van der Waals surface area contributed by atoms with Crippen molar-refractivity contribution in [3.63, 3.8) is 0 Å². The van der Waals surface area contributed by atoms with E-state index in [-0.39, 0.29) is 22.3 Å². The van der Waals surface area contributed by atoms with E-state index in [1.807, 2.05) is 0 Å². The van der Waals surface area contributed by atoms with Crippen LogP contribution in [0.15, 0.2) is 42.5 Å². The molecule has 0 atom stereocenters. The number of hydrogen-bond acceptors (Lipinski definition) is 4. The Hall–Kier alpha value is -2.74. The summed E-state index contributed by atoms with van der Waals surface area (Å²) in [6, 6.07) is 9.18. The van der Waals surface area contributed by atoms with Crippen LogP contribution in [0.5, 0.6) is 5.75 Å². The van der Waals surface area contributed by atoms with Gasteiger partial charge in [-0.2, -0.15) is 0 Å². The number of rotatable bonds is 4. The van der Waals surface area contributed by atoms with Gasteiger partial charge in [0.15, 0.2) is 5.11 Å². The Kier molecular flexibility index (Phi) is 4.84. The SMILES string of the molecule is O=[N+]([O-])c1ccc([O-])c(NC(=S)NCc2ccc(F)cc2)c1. The molecule has 22 heavy (non-hydrogen) atoms. The zero-order valence-electron chi connectivity index (χ0n) is 11.2. The maximum absolute atomic E-state index is 12.8. The number of thiocarbonyl (C=S) groups is 1. The van der Waals surface area contributed by atoms with Crippen molar-refractivity contribution in [1.82, 2.24) is 5.32 Å². The fourth-order valence-electron chi connectivity index (χ4n) is 1.68. The average molecular weight is 320 g/mol. The van der Waals surface area contributed by atoms with Crippen molar-refractivity contribution < 1.29 is 14.4 Å². The Labute approximate surface area is 130 Å². The van der Waals surface area contributed by atoms with Gasteiger partial charge in [-0.3, -0.25) is 10.1 Å². The van der Waals surface area contributed by atoms with Gasteiger partial charge < -0.3 is 15.7 Å². The molecule has 0 aliphatic carbocycles. The molecule has 0 heterocycles. The van der Waals surface area contributed by atoms with E-state index in [0.717, 1.165) is 23.8 Å². The topological polar surface area (TPSA) is 90.3 Å². The summed E-state index contributed by atoms with van der Waals surface area (Å²) in [5, 5.41) is 27.9. The highest BCUT2D eigenvalue weighted by atomic mass is 32.1. The van der Waals surface area contributed by atoms with Gasteiger partial charge in [0.1, 0.15) is 5.82 Å². The molecule has 0 aromatic heterocycles. The molecular weight excluding hydrogens is 309 g/mol. The maximum Gasteiger partial charge on any atom is 0.271 e. The van der Waals surface area contributed by atoms with Crippen molar-refractivity contribution in [2.45, 2.75) is 6.54 Å². The van der Waals surface area contributed by atoms with Crippen LogP contribution in [-0.4, -0.2) is 10.0 Å². The second kappa shape index (κ2) is 6.81. The second-order valence-electron chi connectivity index (χ2n) is 4.37. The third-order valence-corrected chi connectivity index (χ3v) is 3.03. The van der Waals surface area contributed by atoms with Gasteiger partial charge in [-0.15, -0.1) is 0 Å². The number of nitrogens with one attached hydrogen (secondary N) is 2. The number of hydrogen-bond donors (Lipinski definition) is 2. The Bertz CT molecular complexity index is 707. The van der Waals surface area contributed by atoms with E-state index < -0.39 is 10.7 Å². The van der Waals surface area contributed by atoms with Gasteiger partial charge in [-0.25, -0.2) is 4.39 Å². The lowest BCUT2D eigenvalue weighted by molar-refractivity contribution is -0.385. The lowest BCUT2D eigenvalue weighted by Crippen LogP contribution is -2.28. The number of non-ortho nitro benzene ring substituents is 1. The zero-order valence-corrected chi connectivity index (χ0v) is 12.0. The van der Waals surface area contributed by atoms with Gasteiger partial charge in [0.2, 0.25) is 0 Å². The highest BCUT2D eigenvalue weighted by molar-refractivity contribution is 7.80. The molecule has 8 heteroatoms. The van der Waals surface area contributed by atoms with Crippen LogP contribution >= 0.6 is 12.2 Å². The summed E-state index contributed by atoms with van der Waals surface area (Å²) in [5.74, 6) is -0.742. The first-order valence-corrected chi connectivity index (χ1v) is 6.61. The molecule has 2 rings (SSSR count). The number of benzene rings is 2. The van der Waals surface area contributed by atoms with Gasteiger partial charge in [0.05, 0.1) is 4.92 Å². The van der Waals surface area contributed by atoms with Crippen molar-refractivity contribution in [1.29, 1.82) is 0 Å². The Morgan fingerprint density at radius 1 is 1.23 bits per heavy atom. The largest absolute Gasteiger partial charge is 0.871 e. The van der Waals surface area contributed by atoms with Crippen molar-refractivity contribution in [2.24, 2.45) is 0 Å². The molecule has 0 saturated heterocycles. The minimum absolute atomic E-state index is 0.0193. The van der Waals surface area contributed by atoms with Crippen molar-refractivity contribution in [3.05, 3.63) is 64.0 Å². The lowest BCUT2D eigenvalue weighted by atomic mass is 10.2. The van der Waals surface area contributed by atoms with Gasteiger partial charge in [0.25, 0.3) is 5.69 Å². The molecule has 0 spiro atoms.